The minimum atomic E-state index is -0.863. The number of nitrogens with zero attached hydrogens (tertiary/aromatic N) is 3. The summed E-state index contributed by atoms with van der Waals surface area (Å²) < 4.78 is 1.64. The maximum atomic E-state index is 12.5. The monoisotopic (exact) mass is 299 g/mol. The summed E-state index contributed by atoms with van der Waals surface area (Å²) in [6.45, 7) is 2.34. The topological polar surface area (TPSA) is 75.4 Å². The van der Waals surface area contributed by atoms with Crippen LogP contribution in [0.25, 0.3) is 5.69 Å². The molecular weight excluding hydrogens is 282 g/mol. The highest BCUT2D eigenvalue weighted by Crippen LogP contribution is 2.30. The van der Waals surface area contributed by atoms with Gasteiger partial charge in [-0.05, 0) is 31.5 Å². The predicted octanol–water partition coefficient (Wildman–Crippen LogP) is 1.81. The summed E-state index contributed by atoms with van der Waals surface area (Å²) in [4.78, 5) is 25.3. The number of amides is 1. The molecule has 2 heterocycles. The second kappa shape index (κ2) is 5.29. The fourth-order valence-electron chi connectivity index (χ4n) is 2.63. The molecule has 1 fully saturated rings. The SMILES string of the molecule is CC1(C(=O)O)CCN(C(=O)c2ccn(-c3ccccc3)n2)C1. The van der Waals surface area contributed by atoms with E-state index in [2.05, 4.69) is 5.10 Å². The average molecular weight is 299 g/mol. The van der Waals surface area contributed by atoms with Crippen LogP contribution in [0.15, 0.2) is 42.6 Å². The number of carbonyl (C=O) groups is 2. The number of carboxylic acids is 1. The maximum absolute atomic E-state index is 12.5. The second-order valence-electron chi connectivity index (χ2n) is 5.82. The van der Waals surface area contributed by atoms with Crippen LogP contribution in [0.2, 0.25) is 0 Å². The van der Waals surface area contributed by atoms with Gasteiger partial charge < -0.3 is 10.0 Å². The van der Waals surface area contributed by atoms with E-state index in [1.807, 2.05) is 30.3 Å². The number of hydrogen-bond acceptors (Lipinski definition) is 3. The Bertz CT molecular complexity index is 710. The van der Waals surface area contributed by atoms with Crippen LogP contribution in [0.3, 0.4) is 0 Å². The third-order valence-corrected chi connectivity index (χ3v) is 4.11. The van der Waals surface area contributed by atoms with Crippen LogP contribution in [0.1, 0.15) is 23.8 Å². The van der Waals surface area contributed by atoms with Gasteiger partial charge in [0, 0.05) is 19.3 Å². The van der Waals surface area contributed by atoms with Gasteiger partial charge in [-0.3, -0.25) is 9.59 Å². The molecule has 2 aromatic rings. The van der Waals surface area contributed by atoms with Gasteiger partial charge in [-0.15, -0.1) is 0 Å². The molecule has 114 valence electrons. The molecule has 1 aliphatic heterocycles. The highest BCUT2D eigenvalue weighted by molar-refractivity contribution is 5.93. The molecule has 1 saturated heterocycles. The second-order valence-corrected chi connectivity index (χ2v) is 5.82. The van der Waals surface area contributed by atoms with Crippen LogP contribution in [-0.4, -0.2) is 44.8 Å². The summed E-state index contributed by atoms with van der Waals surface area (Å²) in [7, 11) is 0. The first-order valence-electron chi connectivity index (χ1n) is 7.13. The molecule has 1 unspecified atom stereocenters. The van der Waals surface area contributed by atoms with Gasteiger partial charge in [0.25, 0.3) is 5.91 Å². The van der Waals surface area contributed by atoms with Gasteiger partial charge in [-0.1, -0.05) is 18.2 Å². The van der Waals surface area contributed by atoms with Crippen molar-refractivity contribution in [3.63, 3.8) is 0 Å². The minimum Gasteiger partial charge on any atom is -0.481 e. The Morgan fingerprint density at radius 3 is 2.59 bits per heavy atom. The van der Waals surface area contributed by atoms with E-state index in [-0.39, 0.29) is 12.5 Å². The highest BCUT2D eigenvalue weighted by atomic mass is 16.4. The van der Waals surface area contributed by atoms with E-state index in [0.29, 0.717) is 18.7 Å². The third kappa shape index (κ3) is 2.47. The van der Waals surface area contributed by atoms with E-state index in [1.54, 1.807) is 28.8 Å². The number of hydrogen-bond donors (Lipinski definition) is 1. The van der Waals surface area contributed by atoms with Crippen LogP contribution in [-0.2, 0) is 4.79 Å². The molecule has 0 saturated carbocycles. The Balaban J connectivity index is 1.77. The molecule has 1 amide bonds. The van der Waals surface area contributed by atoms with Gasteiger partial charge in [0.15, 0.2) is 5.69 Å². The first kappa shape index (κ1) is 14.3. The van der Waals surface area contributed by atoms with Crippen molar-refractivity contribution in [1.82, 2.24) is 14.7 Å². The van der Waals surface area contributed by atoms with Gasteiger partial charge in [-0.2, -0.15) is 5.10 Å². The molecule has 0 spiro atoms. The number of carbonyl (C=O) groups excluding carboxylic acids is 1. The van der Waals surface area contributed by atoms with Crippen molar-refractivity contribution in [3.8, 4) is 5.69 Å². The van der Waals surface area contributed by atoms with E-state index in [0.717, 1.165) is 5.69 Å². The van der Waals surface area contributed by atoms with Gasteiger partial charge >= 0.3 is 5.97 Å². The van der Waals surface area contributed by atoms with Gasteiger partial charge in [0.05, 0.1) is 11.1 Å². The fraction of sp³-hybridized carbons (Fsp3) is 0.312. The molecular formula is C16H17N3O3. The molecule has 22 heavy (non-hydrogen) atoms. The molecule has 0 aliphatic carbocycles. The first-order valence-corrected chi connectivity index (χ1v) is 7.13. The van der Waals surface area contributed by atoms with Crippen LogP contribution >= 0.6 is 0 Å². The molecule has 0 radical (unpaired) electrons. The summed E-state index contributed by atoms with van der Waals surface area (Å²) in [5, 5.41) is 13.5. The van der Waals surface area contributed by atoms with Crippen LogP contribution in [0.4, 0.5) is 0 Å². The molecule has 1 aliphatic rings. The quantitative estimate of drug-likeness (QED) is 0.938. The molecule has 0 bridgehead atoms. The van der Waals surface area contributed by atoms with Crippen molar-refractivity contribution in [1.29, 1.82) is 0 Å². The van der Waals surface area contributed by atoms with Crippen LogP contribution in [0, 0.1) is 5.41 Å². The maximum Gasteiger partial charge on any atom is 0.311 e. The summed E-state index contributed by atoms with van der Waals surface area (Å²) in [5.74, 6) is -1.09. The van der Waals surface area contributed by atoms with Crippen LogP contribution < -0.4 is 0 Å². The minimum absolute atomic E-state index is 0.222. The normalized spacial score (nSPS) is 21.0. The number of para-hydroxylation sites is 1. The van der Waals surface area contributed by atoms with Crippen molar-refractivity contribution in [2.24, 2.45) is 5.41 Å². The largest absolute Gasteiger partial charge is 0.481 e. The predicted molar refractivity (Wildman–Crippen MR) is 79.8 cm³/mol. The number of rotatable bonds is 3. The molecule has 1 N–H and O–H groups in total. The first-order chi connectivity index (χ1) is 10.5. The number of aromatic nitrogens is 2. The summed E-state index contributed by atoms with van der Waals surface area (Å²) in [6.07, 6.45) is 2.20. The Kier molecular flexibility index (Phi) is 3.44. The Hall–Kier alpha value is -2.63. The number of aliphatic carboxylic acids is 1. The highest BCUT2D eigenvalue weighted by Gasteiger charge is 2.42. The van der Waals surface area contributed by atoms with Gasteiger partial charge in [-0.25, -0.2) is 4.68 Å². The van der Waals surface area contributed by atoms with E-state index in [4.69, 9.17) is 0 Å². The zero-order valence-electron chi connectivity index (χ0n) is 12.3. The van der Waals surface area contributed by atoms with Crippen LogP contribution in [0.5, 0.6) is 0 Å². The standard InChI is InChI=1S/C16H17N3O3/c1-16(15(21)22)8-10-18(11-16)14(20)13-7-9-19(17-13)12-5-3-2-4-6-12/h2-7,9H,8,10-11H2,1H3,(H,21,22). The Labute approximate surface area is 128 Å². The van der Waals surface area contributed by atoms with Crippen molar-refractivity contribution in [2.75, 3.05) is 13.1 Å². The van der Waals surface area contributed by atoms with Gasteiger partial charge in [0.1, 0.15) is 0 Å². The fourth-order valence-corrected chi connectivity index (χ4v) is 2.63. The lowest BCUT2D eigenvalue weighted by Crippen LogP contribution is -2.35. The molecule has 1 aromatic carbocycles. The lowest BCUT2D eigenvalue weighted by atomic mass is 9.90. The van der Waals surface area contributed by atoms with Crippen molar-refractivity contribution in [2.45, 2.75) is 13.3 Å². The Morgan fingerprint density at radius 2 is 1.95 bits per heavy atom. The van der Waals surface area contributed by atoms with Crippen molar-refractivity contribution >= 4 is 11.9 Å². The lowest BCUT2D eigenvalue weighted by Gasteiger charge is -2.19. The molecule has 6 nitrogen and oxygen atoms in total. The van der Waals surface area contributed by atoms with E-state index >= 15 is 0 Å². The zero-order chi connectivity index (χ0) is 15.7. The van der Waals surface area contributed by atoms with E-state index < -0.39 is 11.4 Å². The molecule has 3 rings (SSSR count). The summed E-state index contributed by atoms with van der Waals surface area (Å²) in [5.41, 5.74) is 0.342. The van der Waals surface area contributed by atoms with Crippen molar-refractivity contribution in [3.05, 3.63) is 48.3 Å². The van der Waals surface area contributed by atoms with Crippen molar-refractivity contribution < 1.29 is 14.7 Å². The lowest BCUT2D eigenvalue weighted by molar-refractivity contribution is -0.147. The number of benzene rings is 1. The Morgan fingerprint density at radius 1 is 1.23 bits per heavy atom. The average Bonchev–Trinajstić information content (AvgIpc) is 3.15. The number of likely N-dealkylation sites (tertiary alicyclic amines) is 1. The zero-order valence-corrected chi connectivity index (χ0v) is 12.3. The smallest absolute Gasteiger partial charge is 0.311 e. The van der Waals surface area contributed by atoms with E-state index in [9.17, 15) is 14.7 Å². The third-order valence-electron chi connectivity index (χ3n) is 4.11. The van der Waals surface area contributed by atoms with E-state index in [1.165, 1.54) is 0 Å². The molecule has 1 atom stereocenters. The molecule has 1 aromatic heterocycles. The van der Waals surface area contributed by atoms with Gasteiger partial charge in [0.2, 0.25) is 0 Å². The summed E-state index contributed by atoms with van der Waals surface area (Å²) in [6, 6.07) is 11.2. The molecule has 6 heteroatoms. The number of carboxylic acid groups (broad SMARTS) is 1. The summed E-state index contributed by atoms with van der Waals surface area (Å²) >= 11 is 0.